The highest BCUT2D eigenvalue weighted by Crippen LogP contribution is 2.18. The van der Waals surface area contributed by atoms with E-state index in [0.717, 1.165) is 37.6 Å². The third kappa shape index (κ3) is 4.45. The van der Waals surface area contributed by atoms with E-state index in [9.17, 15) is 0 Å². The molecule has 0 amide bonds. The van der Waals surface area contributed by atoms with Crippen molar-refractivity contribution in [1.82, 2.24) is 5.32 Å². The molecule has 1 aromatic carbocycles. The summed E-state index contributed by atoms with van der Waals surface area (Å²) in [6, 6.07) is 10.1. The second-order valence-electron chi connectivity index (χ2n) is 4.73. The smallest absolute Gasteiger partial charge is 0.122 e. The molecule has 2 rings (SSSR count). The predicted molar refractivity (Wildman–Crippen MR) is 76.4 cm³/mol. The average molecular weight is 259 g/mol. The fourth-order valence-corrected chi connectivity index (χ4v) is 1.97. The molecule has 0 fully saturated rings. The number of benzene rings is 1. The van der Waals surface area contributed by atoms with Gasteiger partial charge in [-0.25, -0.2) is 0 Å². The van der Waals surface area contributed by atoms with Crippen LogP contribution in [0.2, 0.25) is 0 Å². The summed E-state index contributed by atoms with van der Waals surface area (Å²) in [7, 11) is 0. The fourth-order valence-electron chi connectivity index (χ4n) is 1.97. The van der Waals surface area contributed by atoms with Crippen LogP contribution in [0, 0.1) is 13.8 Å². The van der Waals surface area contributed by atoms with Crippen LogP contribution in [0.25, 0.3) is 0 Å². The molecule has 0 aliphatic carbocycles. The molecule has 0 aliphatic rings. The van der Waals surface area contributed by atoms with Crippen LogP contribution in [0.15, 0.2) is 41.0 Å². The first kappa shape index (κ1) is 13.7. The summed E-state index contributed by atoms with van der Waals surface area (Å²) in [5, 5.41) is 3.32. The van der Waals surface area contributed by atoms with Gasteiger partial charge in [-0.3, -0.25) is 0 Å². The summed E-state index contributed by atoms with van der Waals surface area (Å²) in [5.74, 6) is 1.95. The van der Waals surface area contributed by atoms with Crippen LogP contribution in [0.3, 0.4) is 0 Å². The van der Waals surface area contributed by atoms with Gasteiger partial charge in [0.2, 0.25) is 0 Å². The summed E-state index contributed by atoms with van der Waals surface area (Å²) < 4.78 is 11.0. The van der Waals surface area contributed by atoms with Crippen molar-refractivity contribution in [3.05, 3.63) is 53.5 Å². The standard InChI is InChI=1S/C16H21NO2/c1-13-6-7-16(14(2)11-13)19-10-4-8-17-12-15-5-3-9-18-15/h3,5-7,9,11,17H,4,8,10,12H2,1-2H3. The van der Waals surface area contributed by atoms with Crippen LogP contribution in [0.5, 0.6) is 5.75 Å². The van der Waals surface area contributed by atoms with E-state index in [0.29, 0.717) is 0 Å². The van der Waals surface area contributed by atoms with Crippen LogP contribution in [0.1, 0.15) is 23.3 Å². The van der Waals surface area contributed by atoms with Gasteiger partial charge in [0.15, 0.2) is 0 Å². The van der Waals surface area contributed by atoms with Crippen molar-refractivity contribution < 1.29 is 9.15 Å². The van der Waals surface area contributed by atoms with E-state index in [4.69, 9.17) is 9.15 Å². The molecule has 0 radical (unpaired) electrons. The van der Waals surface area contributed by atoms with E-state index in [2.05, 4.69) is 31.3 Å². The molecule has 0 spiro atoms. The van der Waals surface area contributed by atoms with Gasteiger partial charge in [-0.1, -0.05) is 17.7 Å². The second-order valence-corrected chi connectivity index (χ2v) is 4.73. The number of furan rings is 1. The number of nitrogens with one attached hydrogen (secondary N) is 1. The van der Waals surface area contributed by atoms with Gasteiger partial charge in [0.1, 0.15) is 11.5 Å². The zero-order valence-corrected chi connectivity index (χ0v) is 11.6. The van der Waals surface area contributed by atoms with Crippen molar-refractivity contribution in [2.75, 3.05) is 13.2 Å². The molecule has 1 aromatic heterocycles. The van der Waals surface area contributed by atoms with E-state index >= 15 is 0 Å². The molecule has 2 aromatic rings. The van der Waals surface area contributed by atoms with Crippen LogP contribution in [-0.4, -0.2) is 13.2 Å². The lowest BCUT2D eigenvalue weighted by molar-refractivity contribution is 0.305. The number of rotatable bonds is 7. The quantitative estimate of drug-likeness (QED) is 0.773. The van der Waals surface area contributed by atoms with Crippen molar-refractivity contribution >= 4 is 0 Å². The Balaban J connectivity index is 1.61. The number of hydrogen-bond acceptors (Lipinski definition) is 3. The monoisotopic (exact) mass is 259 g/mol. The largest absolute Gasteiger partial charge is 0.493 e. The Labute approximate surface area is 114 Å². The third-order valence-corrected chi connectivity index (χ3v) is 2.97. The van der Waals surface area contributed by atoms with E-state index < -0.39 is 0 Å². The Morgan fingerprint density at radius 1 is 1.21 bits per heavy atom. The summed E-state index contributed by atoms with van der Waals surface area (Å²) in [6.07, 6.45) is 2.67. The number of ether oxygens (including phenoxy) is 1. The van der Waals surface area contributed by atoms with Crippen molar-refractivity contribution in [2.24, 2.45) is 0 Å². The molecule has 0 saturated heterocycles. The van der Waals surface area contributed by atoms with Gasteiger partial charge in [-0.15, -0.1) is 0 Å². The van der Waals surface area contributed by atoms with Gasteiger partial charge in [-0.2, -0.15) is 0 Å². The van der Waals surface area contributed by atoms with E-state index in [1.165, 1.54) is 11.1 Å². The molecule has 0 bridgehead atoms. The number of hydrogen-bond donors (Lipinski definition) is 1. The van der Waals surface area contributed by atoms with Gasteiger partial charge in [0.25, 0.3) is 0 Å². The van der Waals surface area contributed by atoms with Crippen LogP contribution < -0.4 is 10.1 Å². The maximum absolute atomic E-state index is 5.77. The van der Waals surface area contributed by atoms with Crippen molar-refractivity contribution in [3.63, 3.8) is 0 Å². The van der Waals surface area contributed by atoms with E-state index in [1.54, 1.807) is 6.26 Å². The second kappa shape index (κ2) is 7.00. The molecule has 3 heteroatoms. The van der Waals surface area contributed by atoms with Gasteiger partial charge in [-0.05, 0) is 50.6 Å². The molecule has 0 unspecified atom stereocenters. The van der Waals surface area contributed by atoms with Crippen molar-refractivity contribution in [2.45, 2.75) is 26.8 Å². The zero-order valence-electron chi connectivity index (χ0n) is 11.6. The van der Waals surface area contributed by atoms with Gasteiger partial charge >= 0.3 is 0 Å². The predicted octanol–water partition coefficient (Wildman–Crippen LogP) is 3.46. The average Bonchev–Trinajstić information content (AvgIpc) is 2.89. The summed E-state index contributed by atoms with van der Waals surface area (Å²) >= 11 is 0. The summed E-state index contributed by atoms with van der Waals surface area (Å²) in [6.45, 7) is 6.60. The fraction of sp³-hybridized carbons (Fsp3) is 0.375. The molecule has 102 valence electrons. The van der Waals surface area contributed by atoms with Crippen LogP contribution in [-0.2, 0) is 6.54 Å². The Morgan fingerprint density at radius 3 is 2.84 bits per heavy atom. The molecule has 1 N–H and O–H groups in total. The Morgan fingerprint density at radius 2 is 2.11 bits per heavy atom. The van der Waals surface area contributed by atoms with Crippen molar-refractivity contribution in [1.29, 1.82) is 0 Å². The lowest BCUT2D eigenvalue weighted by Crippen LogP contribution is -2.16. The summed E-state index contributed by atoms with van der Waals surface area (Å²) in [4.78, 5) is 0. The van der Waals surface area contributed by atoms with Gasteiger partial charge in [0.05, 0.1) is 19.4 Å². The Kier molecular flexibility index (Phi) is 5.04. The molecule has 19 heavy (non-hydrogen) atoms. The number of aryl methyl sites for hydroxylation is 2. The highest BCUT2D eigenvalue weighted by Gasteiger charge is 1.99. The minimum atomic E-state index is 0.731. The maximum Gasteiger partial charge on any atom is 0.122 e. The molecular weight excluding hydrogens is 238 g/mol. The maximum atomic E-state index is 5.77. The van der Waals surface area contributed by atoms with Crippen LogP contribution in [0.4, 0.5) is 0 Å². The SMILES string of the molecule is Cc1ccc(OCCCNCc2ccco2)c(C)c1. The first-order valence-electron chi connectivity index (χ1n) is 6.69. The lowest BCUT2D eigenvalue weighted by atomic mass is 10.1. The van der Waals surface area contributed by atoms with Gasteiger partial charge < -0.3 is 14.5 Å². The minimum absolute atomic E-state index is 0.731. The Bertz CT molecular complexity index is 491. The molecule has 0 saturated carbocycles. The summed E-state index contributed by atoms with van der Waals surface area (Å²) in [5.41, 5.74) is 2.47. The Hall–Kier alpha value is -1.74. The highest BCUT2D eigenvalue weighted by molar-refractivity contribution is 5.35. The third-order valence-electron chi connectivity index (χ3n) is 2.97. The van der Waals surface area contributed by atoms with Crippen LogP contribution >= 0.6 is 0 Å². The first-order valence-corrected chi connectivity index (χ1v) is 6.69. The van der Waals surface area contributed by atoms with Crippen molar-refractivity contribution in [3.8, 4) is 5.75 Å². The van der Waals surface area contributed by atoms with E-state index in [-0.39, 0.29) is 0 Å². The molecule has 3 nitrogen and oxygen atoms in total. The van der Waals surface area contributed by atoms with Gasteiger partial charge in [0, 0.05) is 0 Å². The zero-order chi connectivity index (χ0) is 13.5. The normalized spacial score (nSPS) is 10.6. The molecule has 0 atom stereocenters. The first-order chi connectivity index (χ1) is 9.25. The molecule has 0 aliphatic heterocycles. The van der Waals surface area contributed by atoms with E-state index in [1.807, 2.05) is 18.2 Å². The molecule has 1 heterocycles. The minimum Gasteiger partial charge on any atom is -0.493 e. The topological polar surface area (TPSA) is 34.4 Å². The molecular formula is C16H21NO2. The highest BCUT2D eigenvalue weighted by atomic mass is 16.5. The lowest BCUT2D eigenvalue weighted by Gasteiger charge is -2.09.